The summed E-state index contributed by atoms with van der Waals surface area (Å²) in [6, 6.07) is -0.595. The monoisotopic (exact) mass is 308 g/mol. The van der Waals surface area contributed by atoms with E-state index >= 15 is 0 Å². The zero-order valence-electron chi connectivity index (χ0n) is 10.2. The number of nitrogens with one attached hydrogen (secondary N) is 1. The zero-order valence-corrected chi connectivity index (χ0v) is 11.2. The molecule has 2 amide bonds. The molecule has 2 unspecified atom stereocenters. The van der Waals surface area contributed by atoms with Crippen molar-refractivity contribution in [3.63, 3.8) is 0 Å². The van der Waals surface area contributed by atoms with Crippen LogP contribution in [0.25, 0.3) is 0 Å². The Morgan fingerprint density at radius 2 is 1.94 bits per heavy atom. The standard InChI is InChI=1S/C11H18N2O3.Na.Ni.H/c1-4-6-7(3)11(5-2)8(14)12-10(16)13-9(11)15;;;/h7H,4-6H2,1-3H3,(H2,12,13,14,15,16);;;. The van der Waals surface area contributed by atoms with Crippen molar-refractivity contribution in [1.29, 1.82) is 0 Å². The van der Waals surface area contributed by atoms with E-state index in [0.717, 1.165) is 12.8 Å². The molecule has 0 fully saturated rings. The van der Waals surface area contributed by atoms with Gasteiger partial charge in [-0.1, -0.05) is 27.2 Å². The molecule has 1 aliphatic heterocycles. The van der Waals surface area contributed by atoms with Crippen molar-refractivity contribution in [2.24, 2.45) is 16.3 Å². The van der Waals surface area contributed by atoms with Gasteiger partial charge in [0.05, 0.1) is 0 Å². The zero-order chi connectivity index (χ0) is 12.3. The van der Waals surface area contributed by atoms with Crippen LogP contribution in [0.4, 0.5) is 0 Å². The molecule has 0 saturated carbocycles. The Bertz CT molecular complexity index is 349. The summed E-state index contributed by atoms with van der Waals surface area (Å²) >= 11 is 0. The number of aliphatic hydroxyl groups is 1. The second-order valence-electron chi connectivity index (χ2n) is 4.21. The molecule has 7 heteroatoms. The van der Waals surface area contributed by atoms with Gasteiger partial charge in [-0.05, 0) is 18.8 Å². The second kappa shape index (κ2) is 8.31. The first-order valence-electron chi connectivity index (χ1n) is 5.62. The van der Waals surface area contributed by atoms with Gasteiger partial charge in [-0.25, -0.2) is 0 Å². The van der Waals surface area contributed by atoms with Crippen molar-refractivity contribution in [1.82, 2.24) is 5.32 Å². The predicted molar refractivity (Wildman–Crippen MR) is 67.2 cm³/mol. The molecule has 0 aliphatic carbocycles. The number of carbonyl (C=O) groups is 2. The van der Waals surface area contributed by atoms with Crippen LogP contribution in [-0.4, -0.2) is 52.5 Å². The molecule has 1 rings (SSSR count). The minimum absolute atomic E-state index is 0. The summed E-state index contributed by atoms with van der Waals surface area (Å²) in [5.74, 6) is -1.04. The normalized spacial score (nSPS) is 24.3. The first-order valence-corrected chi connectivity index (χ1v) is 5.62. The van der Waals surface area contributed by atoms with Crippen molar-refractivity contribution in [3.05, 3.63) is 0 Å². The molecule has 102 valence electrons. The Kier molecular flexibility index (Phi) is 9.43. The Morgan fingerprint density at radius 1 is 1.39 bits per heavy atom. The minimum atomic E-state index is -1.11. The fraction of sp³-hybridized carbons (Fsp3) is 0.727. The molecule has 0 aromatic carbocycles. The summed E-state index contributed by atoms with van der Waals surface area (Å²) in [7, 11) is 0. The van der Waals surface area contributed by atoms with Crippen LogP contribution in [0, 0.1) is 11.3 Å². The molecule has 18 heavy (non-hydrogen) atoms. The first-order chi connectivity index (χ1) is 7.48. The largest absolute Gasteiger partial charge is 0 e. The van der Waals surface area contributed by atoms with E-state index in [0.29, 0.717) is 6.42 Å². The molecule has 2 atom stereocenters. The summed E-state index contributed by atoms with van der Waals surface area (Å²) in [5, 5.41) is 11.3. The maximum Gasteiger partial charge on any atom is 0 e. The van der Waals surface area contributed by atoms with Crippen LogP contribution in [0.5, 0.6) is 0 Å². The number of hydrogen-bond donors (Lipinski definition) is 2. The molecule has 1 aliphatic rings. The van der Waals surface area contributed by atoms with E-state index in [4.69, 9.17) is 5.11 Å². The van der Waals surface area contributed by atoms with Gasteiger partial charge in [-0.2, -0.15) is 4.99 Å². The number of amidine groups is 1. The Balaban J connectivity index is 0. The molecule has 0 aromatic rings. The van der Waals surface area contributed by atoms with Crippen molar-refractivity contribution in [2.45, 2.75) is 40.0 Å². The Hall–Kier alpha value is 0.104. The fourth-order valence-electron chi connectivity index (χ4n) is 2.31. The number of amides is 2. The van der Waals surface area contributed by atoms with E-state index < -0.39 is 23.3 Å². The van der Waals surface area contributed by atoms with Crippen molar-refractivity contribution >= 4 is 47.4 Å². The number of rotatable bonds is 4. The molecule has 0 radical (unpaired) electrons. The van der Waals surface area contributed by atoms with Crippen LogP contribution in [-0.2, 0) is 26.1 Å². The van der Waals surface area contributed by atoms with Crippen LogP contribution < -0.4 is 5.32 Å². The van der Waals surface area contributed by atoms with Crippen molar-refractivity contribution in [2.75, 3.05) is 0 Å². The third kappa shape index (κ3) is 3.56. The maximum absolute atomic E-state index is 11.9. The van der Waals surface area contributed by atoms with Crippen LogP contribution in [0.2, 0.25) is 0 Å². The summed E-state index contributed by atoms with van der Waals surface area (Å²) in [4.78, 5) is 27.2. The molecule has 5 nitrogen and oxygen atoms in total. The van der Waals surface area contributed by atoms with Crippen molar-refractivity contribution in [3.8, 4) is 0 Å². The van der Waals surface area contributed by atoms with Gasteiger partial charge in [-0.3, -0.25) is 14.9 Å². The van der Waals surface area contributed by atoms with Gasteiger partial charge in [0.2, 0.25) is 5.91 Å². The molecular weight excluding hydrogens is 290 g/mol. The fourth-order valence-corrected chi connectivity index (χ4v) is 2.31. The second-order valence-corrected chi connectivity index (χ2v) is 4.21. The molecular formula is C11H19N2NaNiO3. The molecule has 0 spiro atoms. The first kappa shape index (κ1) is 20.4. The molecule has 0 bridgehead atoms. The Labute approximate surface area is 139 Å². The SMILES string of the molecule is CCCC(C)C1(CC)C(=O)N=C(O)NC1=O.[NaH].[Ni]. The molecule has 1 heterocycles. The summed E-state index contributed by atoms with van der Waals surface area (Å²) in [6.07, 6.45) is 2.08. The van der Waals surface area contributed by atoms with E-state index in [-0.39, 0.29) is 52.0 Å². The van der Waals surface area contributed by atoms with E-state index in [1.54, 1.807) is 6.92 Å². The number of carbonyl (C=O) groups excluding carboxylic acids is 2. The third-order valence-corrected chi connectivity index (χ3v) is 3.34. The van der Waals surface area contributed by atoms with Gasteiger partial charge in [0.1, 0.15) is 5.41 Å². The van der Waals surface area contributed by atoms with E-state index in [1.807, 2.05) is 13.8 Å². The van der Waals surface area contributed by atoms with Gasteiger partial charge in [0.15, 0.2) is 0 Å². The number of aliphatic hydroxyl groups excluding tert-OH is 1. The smallest absolute Gasteiger partial charge is 0 e. The van der Waals surface area contributed by atoms with Crippen molar-refractivity contribution < 1.29 is 31.2 Å². The maximum atomic E-state index is 11.9. The van der Waals surface area contributed by atoms with Gasteiger partial charge >= 0.3 is 29.6 Å². The quantitative estimate of drug-likeness (QED) is 0.594. The predicted octanol–water partition coefficient (Wildman–Crippen LogP) is 0.738. The molecule has 0 saturated heterocycles. The van der Waals surface area contributed by atoms with Gasteiger partial charge in [0, 0.05) is 16.5 Å². The van der Waals surface area contributed by atoms with Gasteiger partial charge < -0.3 is 5.11 Å². The average Bonchev–Trinajstić information content (AvgIpc) is 2.18. The summed E-state index contributed by atoms with van der Waals surface area (Å²) < 4.78 is 0. The average molecular weight is 309 g/mol. The van der Waals surface area contributed by atoms with Gasteiger partial charge in [0.25, 0.3) is 11.9 Å². The summed E-state index contributed by atoms with van der Waals surface area (Å²) in [5.41, 5.74) is -1.11. The number of nitrogens with zero attached hydrogens (tertiary/aromatic N) is 1. The van der Waals surface area contributed by atoms with Gasteiger partial charge in [-0.15, -0.1) is 0 Å². The number of hydrogen-bond acceptors (Lipinski definition) is 2. The minimum Gasteiger partial charge on any atom is 0 e. The van der Waals surface area contributed by atoms with Crippen LogP contribution in [0.1, 0.15) is 40.0 Å². The topological polar surface area (TPSA) is 78.8 Å². The van der Waals surface area contributed by atoms with E-state index in [2.05, 4.69) is 10.3 Å². The van der Waals surface area contributed by atoms with Crippen LogP contribution >= 0.6 is 0 Å². The van der Waals surface area contributed by atoms with Crippen LogP contribution in [0.15, 0.2) is 4.99 Å². The third-order valence-electron chi connectivity index (χ3n) is 3.34. The Morgan fingerprint density at radius 3 is 2.33 bits per heavy atom. The molecule has 0 aromatic heterocycles. The summed E-state index contributed by atoms with van der Waals surface area (Å²) in [6.45, 7) is 5.68. The number of aliphatic imine (C=N–C) groups is 1. The van der Waals surface area contributed by atoms with E-state index in [9.17, 15) is 9.59 Å². The van der Waals surface area contributed by atoms with Crippen LogP contribution in [0.3, 0.4) is 0 Å². The van der Waals surface area contributed by atoms with E-state index in [1.165, 1.54) is 0 Å². The molecule has 2 N–H and O–H groups in total.